The molecule has 5 nitrogen and oxygen atoms in total. The average molecular weight is 259 g/mol. The molecular weight excluding hydrogens is 238 g/mol. The number of fused-ring (bicyclic) bond motifs is 1. The molecule has 102 valence electrons. The zero-order valence-electron chi connectivity index (χ0n) is 11.7. The number of hydrogen-bond donors (Lipinski definition) is 2. The lowest BCUT2D eigenvalue weighted by Gasteiger charge is -2.11. The summed E-state index contributed by atoms with van der Waals surface area (Å²) in [7, 11) is 0. The van der Waals surface area contributed by atoms with E-state index in [4.69, 9.17) is 5.73 Å². The molecule has 1 unspecified atom stereocenters. The smallest absolute Gasteiger partial charge is 0.189 e. The quantitative estimate of drug-likeness (QED) is 0.650. The number of pyridine rings is 1. The van der Waals surface area contributed by atoms with Gasteiger partial charge in [-0.15, -0.1) is 0 Å². The molecule has 2 rings (SSSR count). The second kappa shape index (κ2) is 5.73. The maximum Gasteiger partial charge on any atom is 0.189 e. The van der Waals surface area contributed by atoms with Crippen molar-refractivity contribution >= 4 is 11.6 Å². The van der Waals surface area contributed by atoms with E-state index in [9.17, 15) is 0 Å². The number of nitrogens with two attached hydrogens (primary N) is 1. The molecule has 0 saturated carbocycles. The summed E-state index contributed by atoms with van der Waals surface area (Å²) in [6, 6.07) is 4.45. The van der Waals surface area contributed by atoms with Crippen molar-refractivity contribution in [3.8, 4) is 0 Å². The molecule has 1 atom stereocenters. The fraction of sp³-hybridized carbons (Fsp3) is 0.429. The lowest BCUT2D eigenvalue weighted by molar-refractivity contribution is 0.636. The van der Waals surface area contributed by atoms with Gasteiger partial charge in [-0.2, -0.15) is 0 Å². The predicted octanol–water partition coefficient (Wildman–Crippen LogP) is 1.85. The summed E-state index contributed by atoms with van der Waals surface area (Å²) in [5, 5.41) is 3.14. The Hall–Kier alpha value is -2.04. The van der Waals surface area contributed by atoms with Gasteiger partial charge in [0.05, 0.1) is 12.2 Å². The molecule has 0 bridgehead atoms. The monoisotopic (exact) mass is 259 g/mol. The zero-order chi connectivity index (χ0) is 13.8. The Balaban J connectivity index is 2.07. The number of imidazole rings is 1. The van der Waals surface area contributed by atoms with E-state index in [1.807, 2.05) is 22.9 Å². The van der Waals surface area contributed by atoms with Crippen molar-refractivity contribution in [2.24, 2.45) is 10.7 Å². The maximum absolute atomic E-state index is 5.82. The van der Waals surface area contributed by atoms with Gasteiger partial charge in [0, 0.05) is 18.4 Å². The topological polar surface area (TPSA) is 67.7 Å². The Morgan fingerprint density at radius 2 is 2.37 bits per heavy atom. The Morgan fingerprint density at radius 1 is 1.58 bits per heavy atom. The number of aromatic nitrogens is 2. The van der Waals surface area contributed by atoms with Gasteiger partial charge in [-0.05, 0) is 38.0 Å². The summed E-state index contributed by atoms with van der Waals surface area (Å²) in [5.41, 5.74) is 8.88. The average Bonchev–Trinajstić information content (AvgIpc) is 2.78. The Labute approximate surface area is 113 Å². The van der Waals surface area contributed by atoms with E-state index in [2.05, 4.69) is 42.1 Å². The molecule has 5 heteroatoms. The Bertz CT molecular complexity index is 585. The van der Waals surface area contributed by atoms with Crippen molar-refractivity contribution in [1.29, 1.82) is 0 Å². The Morgan fingerprint density at radius 3 is 3.11 bits per heavy atom. The molecule has 0 fully saturated rings. The summed E-state index contributed by atoms with van der Waals surface area (Å²) >= 11 is 0. The molecule has 0 aromatic carbocycles. The second-order valence-electron chi connectivity index (χ2n) is 4.86. The third-order valence-corrected chi connectivity index (χ3v) is 3.08. The van der Waals surface area contributed by atoms with Gasteiger partial charge in [-0.3, -0.25) is 0 Å². The highest BCUT2D eigenvalue weighted by molar-refractivity contribution is 5.78. The molecule has 0 aliphatic carbocycles. The van der Waals surface area contributed by atoms with E-state index in [0.717, 1.165) is 17.8 Å². The third-order valence-electron chi connectivity index (χ3n) is 3.08. The van der Waals surface area contributed by atoms with E-state index in [-0.39, 0.29) is 0 Å². The number of aryl methyl sites for hydroxylation is 1. The molecule has 0 saturated heterocycles. The number of nitrogens with one attached hydrogen (secondary N) is 1. The van der Waals surface area contributed by atoms with Crippen molar-refractivity contribution in [2.75, 3.05) is 0 Å². The molecule has 3 N–H and O–H groups in total. The van der Waals surface area contributed by atoms with Gasteiger partial charge in [-0.1, -0.05) is 6.92 Å². The predicted molar refractivity (Wildman–Crippen MR) is 78.1 cm³/mol. The molecule has 0 radical (unpaired) electrons. The molecular formula is C14H21N5. The number of hydrogen-bond acceptors (Lipinski definition) is 2. The fourth-order valence-corrected chi connectivity index (χ4v) is 1.78. The van der Waals surface area contributed by atoms with Crippen molar-refractivity contribution < 1.29 is 0 Å². The summed E-state index contributed by atoms with van der Waals surface area (Å²) < 4.78 is 2.00. The van der Waals surface area contributed by atoms with Gasteiger partial charge in [-0.25, -0.2) is 9.98 Å². The van der Waals surface area contributed by atoms with E-state index in [1.165, 1.54) is 5.56 Å². The summed E-state index contributed by atoms with van der Waals surface area (Å²) in [5.74, 6) is 0.475. The van der Waals surface area contributed by atoms with E-state index in [0.29, 0.717) is 18.5 Å². The number of rotatable bonds is 4. The standard InChI is InChI=1S/C14H21N5/c1-4-11(3)17-14(15)16-8-12-9-19-6-5-10(2)7-13(19)18-12/h5-7,9,11H,4,8H2,1-3H3,(H3,15,16,17). The minimum Gasteiger partial charge on any atom is -0.370 e. The fourth-order valence-electron chi connectivity index (χ4n) is 1.78. The SMILES string of the molecule is CCC(C)NC(N)=NCc1cn2ccc(C)cc2n1. The molecule has 0 spiro atoms. The van der Waals surface area contributed by atoms with Crippen molar-refractivity contribution in [2.45, 2.75) is 39.8 Å². The molecule has 2 aromatic heterocycles. The molecule has 0 amide bonds. The zero-order valence-corrected chi connectivity index (χ0v) is 11.7. The molecule has 2 aromatic rings. The first-order chi connectivity index (χ1) is 9.08. The molecule has 19 heavy (non-hydrogen) atoms. The first-order valence-electron chi connectivity index (χ1n) is 6.59. The molecule has 0 aliphatic rings. The highest BCUT2D eigenvalue weighted by Crippen LogP contribution is 2.08. The van der Waals surface area contributed by atoms with E-state index >= 15 is 0 Å². The maximum atomic E-state index is 5.82. The Kier molecular flexibility index (Phi) is 4.04. The van der Waals surface area contributed by atoms with E-state index < -0.39 is 0 Å². The third kappa shape index (κ3) is 3.47. The van der Waals surface area contributed by atoms with Crippen LogP contribution in [0.5, 0.6) is 0 Å². The van der Waals surface area contributed by atoms with Crippen LogP contribution in [0.3, 0.4) is 0 Å². The van der Waals surface area contributed by atoms with Crippen LogP contribution < -0.4 is 11.1 Å². The van der Waals surface area contributed by atoms with Gasteiger partial charge < -0.3 is 15.5 Å². The number of guanidine groups is 1. The van der Waals surface area contributed by atoms with Crippen LogP contribution in [0.1, 0.15) is 31.5 Å². The van der Waals surface area contributed by atoms with Crippen LogP contribution >= 0.6 is 0 Å². The van der Waals surface area contributed by atoms with Crippen molar-refractivity contribution in [1.82, 2.24) is 14.7 Å². The van der Waals surface area contributed by atoms with Crippen molar-refractivity contribution in [3.05, 3.63) is 35.8 Å². The first kappa shape index (κ1) is 13.4. The van der Waals surface area contributed by atoms with Gasteiger partial charge in [0.1, 0.15) is 5.65 Å². The van der Waals surface area contributed by atoms with Crippen LogP contribution in [0.2, 0.25) is 0 Å². The van der Waals surface area contributed by atoms with Crippen LogP contribution in [-0.2, 0) is 6.54 Å². The summed E-state index contributed by atoms with van der Waals surface area (Å²) in [4.78, 5) is 8.82. The molecule has 2 heterocycles. The van der Waals surface area contributed by atoms with Gasteiger partial charge in [0.15, 0.2) is 5.96 Å². The highest BCUT2D eigenvalue weighted by Gasteiger charge is 2.02. The van der Waals surface area contributed by atoms with E-state index in [1.54, 1.807) is 0 Å². The minimum absolute atomic E-state index is 0.340. The van der Waals surface area contributed by atoms with Gasteiger partial charge >= 0.3 is 0 Å². The lowest BCUT2D eigenvalue weighted by Crippen LogP contribution is -2.38. The highest BCUT2D eigenvalue weighted by atomic mass is 15.1. The second-order valence-corrected chi connectivity index (χ2v) is 4.86. The van der Waals surface area contributed by atoms with Gasteiger partial charge in [0.2, 0.25) is 0 Å². The lowest BCUT2D eigenvalue weighted by atomic mass is 10.3. The first-order valence-corrected chi connectivity index (χ1v) is 6.59. The number of aliphatic imine (C=N–C) groups is 1. The van der Waals surface area contributed by atoms with Gasteiger partial charge in [0.25, 0.3) is 0 Å². The van der Waals surface area contributed by atoms with Crippen LogP contribution in [-0.4, -0.2) is 21.4 Å². The minimum atomic E-state index is 0.340. The van der Waals surface area contributed by atoms with Crippen LogP contribution in [0.15, 0.2) is 29.5 Å². The molecule has 0 aliphatic heterocycles. The summed E-state index contributed by atoms with van der Waals surface area (Å²) in [6.07, 6.45) is 5.00. The van der Waals surface area contributed by atoms with Crippen LogP contribution in [0.4, 0.5) is 0 Å². The van der Waals surface area contributed by atoms with Crippen LogP contribution in [0, 0.1) is 6.92 Å². The normalized spacial score (nSPS) is 13.7. The van der Waals surface area contributed by atoms with Crippen LogP contribution in [0.25, 0.3) is 5.65 Å². The van der Waals surface area contributed by atoms with Crippen molar-refractivity contribution in [3.63, 3.8) is 0 Å². The number of nitrogens with zero attached hydrogens (tertiary/aromatic N) is 3. The largest absolute Gasteiger partial charge is 0.370 e. The summed E-state index contributed by atoms with van der Waals surface area (Å²) in [6.45, 7) is 6.74.